The third-order valence-corrected chi connectivity index (χ3v) is 13.4. The quantitative estimate of drug-likeness (QED) is 0.311. The van der Waals surface area contributed by atoms with Crippen LogP contribution in [-0.2, 0) is 16.1 Å². The largest absolute Gasteiger partial charge is 0.504 e. The van der Waals surface area contributed by atoms with Crippen molar-refractivity contribution in [2.24, 2.45) is 5.92 Å². The van der Waals surface area contributed by atoms with Gasteiger partial charge in [-0.05, 0) is 74.9 Å². The number of nitrogens with zero attached hydrogens (tertiary/aromatic N) is 8. The van der Waals surface area contributed by atoms with Crippen LogP contribution in [0.3, 0.4) is 0 Å². The van der Waals surface area contributed by atoms with Gasteiger partial charge in [0.05, 0.1) is 17.9 Å². The van der Waals surface area contributed by atoms with Crippen LogP contribution in [0.4, 0.5) is 35.2 Å². The number of carbonyl (C=O) groups is 4. The molecular weight excluding hydrogens is 782 g/mol. The number of fused-ring (bicyclic) bond motifs is 4. The summed E-state index contributed by atoms with van der Waals surface area (Å²) in [6.45, 7) is 8.51. The number of aromatic hydroxyl groups is 1. The summed E-state index contributed by atoms with van der Waals surface area (Å²) in [5.74, 6) is -1.70. The second kappa shape index (κ2) is 15.4. The fourth-order valence-electron chi connectivity index (χ4n) is 10.4. The SMILES string of the molecule is CC1CC(CN2CCN(c3ccc4c(c3)C(=O)N(C3CCC(=O)NC3=O)C4)CC2)CC(C)N1C(=O)N1CCN2c3cc(-c4cccc(F)c4O)nnc3NCC2(C(F)F)C1. The van der Waals surface area contributed by atoms with E-state index in [1.807, 2.05) is 36.9 Å². The Morgan fingerprint density at radius 1 is 0.967 bits per heavy atom. The van der Waals surface area contributed by atoms with Crippen LogP contribution in [0.1, 0.15) is 55.5 Å². The molecule has 60 heavy (non-hydrogen) atoms. The number of imide groups is 1. The zero-order valence-corrected chi connectivity index (χ0v) is 33.6. The van der Waals surface area contributed by atoms with Gasteiger partial charge in [0.2, 0.25) is 11.8 Å². The number of hydrogen-bond acceptors (Lipinski definition) is 11. The Morgan fingerprint density at radius 2 is 1.73 bits per heavy atom. The highest BCUT2D eigenvalue weighted by Gasteiger charge is 2.54. The minimum absolute atomic E-state index is 0.0949. The van der Waals surface area contributed by atoms with E-state index in [1.54, 1.807) is 14.7 Å². The number of rotatable bonds is 6. The van der Waals surface area contributed by atoms with Crippen LogP contribution in [-0.4, -0.2) is 148 Å². The lowest BCUT2D eigenvalue weighted by Gasteiger charge is -2.55. The Hall–Kier alpha value is -5.65. The summed E-state index contributed by atoms with van der Waals surface area (Å²) >= 11 is 0. The first-order valence-electron chi connectivity index (χ1n) is 20.8. The van der Waals surface area contributed by atoms with Gasteiger partial charge in [0, 0.05) is 94.2 Å². The predicted octanol–water partition coefficient (Wildman–Crippen LogP) is 3.73. The summed E-state index contributed by atoms with van der Waals surface area (Å²) in [6, 6.07) is 10.4. The molecule has 15 nitrogen and oxygen atoms in total. The first-order valence-corrected chi connectivity index (χ1v) is 20.8. The van der Waals surface area contributed by atoms with Crippen LogP contribution >= 0.6 is 0 Å². The van der Waals surface area contributed by atoms with Crippen LogP contribution in [0, 0.1) is 11.7 Å². The summed E-state index contributed by atoms with van der Waals surface area (Å²) in [6.07, 6.45) is -0.708. The molecule has 0 spiro atoms. The molecule has 6 aliphatic heterocycles. The zero-order valence-electron chi connectivity index (χ0n) is 33.6. The van der Waals surface area contributed by atoms with Gasteiger partial charge in [-0.25, -0.2) is 18.0 Å². The average molecular weight is 831 g/mol. The number of amides is 5. The molecule has 3 aromatic rings. The van der Waals surface area contributed by atoms with Crippen molar-refractivity contribution < 1.29 is 37.5 Å². The molecule has 4 saturated heterocycles. The van der Waals surface area contributed by atoms with Crippen molar-refractivity contribution in [3.63, 3.8) is 0 Å². The number of para-hydroxylation sites is 1. The van der Waals surface area contributed by atoms with Crippen LogP contribution in [0.15, 0.2) is 42.5 Å². The van der Waals surface area contributed by atoms with E-state index in [9.17, 15) is 28.7 Å². The number of carbonyl (C=O) groups excluding carboxylic acids is 4. The molecule has 318 valence electrons. The van der Waals surface area contributed by atoms with Gasteiger partial charge in [0.25, 0.3) is 12.3 Å². The van der Waals surface area contributed by atoms with Crippen molar-refractivity contribution in [2.75, 3.05) is 74.0 Å². The smallest absolute Gasteiger partial charge is 0.320 e. The van der Waals surface area contributed by atoms with Crippen LogP contribution in [0.25, 0.3) is 11.3 Å². The van der Waals surface area contributed by atoms with Crippen molar-refractivity contribution in [1.82, 2.24) is 35.1 Å². The topological polar surface area (TPSA) is 158 Å². The molecule has 4 fully saturated rings. The van der Waals surface area contributed by atoms with E-state index >= 15 is 8.78 Å². The molecule has 0 radical (unpaired) electrons. The van der Waals surface area contributed by atoms with Gasteiger partial charge in [-0.3, -0.25) is 24.6 Å². The van der Waals surface area contributed by atoms with Gasteiger partial charge < -0.3 is 34.9 Å². The standard InChI is InChI=1S/C42H49F3N10O5/c1-24-16-26(20-50-10-12-51(13-11-50)28-7-6-27-21-53(39(59)30(27)18-28)33-8-9-35(56)47-38(33)58)17-25(2)55(24)41(60)52-14-15-54-34-19-32(29-4-3-5-31(43)36(29)57)48-49-37(34)46-22-42(54,23-52)40(44)45/h3-7,18-19,24-26,33,40,57H,8-17,20-23H2,1-2H3,(H,46,49)(H,47,56,58). The Morgan fingerprint density at radius 3 is 2.47 bits per heavy atom. The van der Waals surface area contributed by atoms with Crippen molar-refractivity contribution >= 4 is 40.9 Å². The molecule has 2 aromatic carbocycles. The number of aromatic nitrogens is 2. The average Bonchev–Trinajstić information content (AvgIpc) is 3.56. The highest BCUT2D eigenvalue weighted by molar-refractivity contribution is 6.05. The number of urea groups is 1. The number of piperazine rings is 2. The van der Waals surface area contributed by atoms with Crippen molar-refractivity contribution in [3.05, 3.63) is 59.4 Å². The van der Waals surface area contributed by atoms with Gasteiger partial charge in [-0.2, -0.15) is 0 Å². The number of phenols is 1. The minimum Gasteiger partial charge on any atom is -0.504 e. The predicted molar refractivity (Wildman–Crippen MR) is 215 cm³/mol. The maximum atomic E-state index is 15.3. The van der Waals surface area contributed by atoms with Gasteiger partial charge in [-0.15, -0.1) is 10.2 Å². The highest BCUT2D eigenvalue weighted by Crippen LogP contribution is 2.43. The maximum Gasteiger partial charge on any atom is 0.320 e. The number of phenolic OH excluding ortho intramolecular Hbond substituents is 1. The fourth-order valence-corrected chi connectivity index (χ4v) is 10.4. The van der Waals surface area contributed by atoms with E-state index in [1.165, 1.54) is 18.2 Å². The van der Waals surface area contributed by atoms with Gasteiger partial charge in [0.15, 0.2) is 17.4 Å². The number of piperidine rings is 2. The first kappa shape index (κ1) is 39.8. The molecule has 0 aliphatic carbocycles. The molecule has 5 amide bonds. The van der Waals surface area contributed by atoms with Gasteiger partial charge in [-0.1, -0.05) is 12.1 Å². The van der Waals surface area contributed by atoms with E-state index in [0.717, 1.165) is 62.9 Å². The lowest BCUT2D eigenvalue weighted by molar-refractivity contribution is -0.136. The fraction of sp³-hybridized carbons (Fsp3) is 0.524. The summed E-state index contributed by atoms with van der Waals surface area (Å²) < 4.78 is 44.7. The molecule has 0 saturated carbocycles. The Kier molecular flexibility index (Phi) is 10.2. The lowest BCUT2D eigenvalue weighted by atomic mass is 9.86. The number of hydrogen-bond donors (Lipinski definition) is 3. The van der Waals surface area contributed by atoms with E-state index in [0.29, 0.717) is 36.0 Å². The molecule has 6 aliphatic rings. The van der Waals surface area contributed by atoms with Gasteiger partial charge >= 0.3 is 6.03 Å². The molecule has 4 atom stereocenters. The monoisotopic (exact) mass is 830 g/mol. The summed E-state index contributed by atoms with van der Waals surface area (Å²) in [5.41, 5.74) is 1.28. The van der Waals surface area contributed by atoms with Crippen LogP contribution in [0.5, 0.6) is 5.75 Å². The summed E-state index contributed by atoms with van der Waals surface area (Å²) in [7, 11) is 0. The van der Waals surface area contributed by atoms with E-state index < -0.39 is 35.5 Å². The van der Waals surface area contributed by atoms with Crippen molar-refractivity contribution in [1.29, 1.82) is 0 Å². The number of nitrogens with one attached hydrogen (secondary N) is 2. The minimum atomic E-state index is -2.82. The van der Waals surface area contributed by atoms with Crippen molar-refractivity contribution in [3.8, 4) is 17.0 Å². The highest BCUT2D eigenvalue weighted by atomic mass is 19.3. The molecule has 9 rings (SSSR count). The van der Waals surface area contributed by atoms with E-state index in [4.69, 9.17) is 0 Å². The number of likely N-dealkylation sites (tertiary alicyclic amines) is 1. The third kappa shape index (κ3) is 6.91. The van der Waals surface area contributed by atoms with Crippen molar-refractivity contribution in [2.45, 2.75) is 76.2 Å². The Balaban J connectivity index is 0.803. The second-order valence-electron chi connectivity index (χ2n) is 17.2. The molecule has 0 bridgehead atoms. The van der Waals surface area contributed by atoms with Crippen LogP contribution < -0.4 is 20.4 Å². The number of anilines is 3. The Bertz CT molecular complexity index is 2210. The normalized spacial score (nSPS) is 27.1. The summed E-state index contributed by atoms with van der Waals surface area (Å²) in [4.78, 5) is 63.1. The lowest BCUT2D eigenvalue weighted by Crippen LogP contribution is -2.72. The first-order chi connectivity index (χ1) is 28.8. The Labute approximate surface area is 345 Å². The molecular formula is C42H49F3N10O5. The molecule has 1 aromatic heterocycles. The third-order valence-electron chi connectivity index (χ3n) is 13.4. The molecule has 18 heteroatoms. The van der Waals surface area contributed by atoms with Crippen LogP contribution in [0.2, 0.25) is 0 Å². The number of benzene rings is 2. The number of alkyl halides is 2. The number of halogens is 3. The second-order valence-corrected chi connectivity index (χ2v) is 17.2. The maximum absolute atomic E-state index is 15.3. The molecule has 4 unspecified atom stereocenters. The van der Waals surface area contributed by atoms with Gasteiger partial charge in [0.1, 0.15) is 11.6 Å². The van der Waals surface area contributed by atoms with E-state index in [2.05, 4.69) is 30.6 Å². The zero-order chi connectivity index (χ0) is 42.0. The van der Waals surface area contributed by atoms with E-state index in [-0.39, 0.29) is 73.8 Å². The molecule has 7 heterocycles. The molecule has 3 N–H and O–H groups in total. The summed E-state index contributed by atoms with van der Waals surface area (Å²) in [5, 5.41) is 24.0.